The SMILES string of the molecule is CS(=O)(=O)c1ccc(OC2CCC(OC3CCN(C#N)CC3)CC2)cc1. The summed E-state index contributed by atoms with van der Waals surface area (Å²) in [5, 5.41) is 8.90. The minimum Gasteiger partial charge on any atom is -0.490 e. The summed E-state index contributed by atoms with van der Waals surface area (Å²) in [6, 6.07) is 6.63. The fourth-order valence-corrected chi connectivity index (χ4v) is 4.24. The summed E-state index contributed by atoms with van der Waals surface area (Å²) in [6.07, 6.45) is 9.79. The van der Waals surface area contributed by atoms with Gasteiger partial charge in [0.05, 0.1) is 23.2 Å². The molecular weight excluding hydrogens is 352 g/mol. The van der Waals surface area contributed by atoms with E-state index >= 15 is 0 Å². The fourth-order valence-electron chi connectivity index (χ4n) is 3.61. The highest BCUT2D eigenvalue weighted by Crippen LogP contribution is 2.28. The lowest BCUT2D eigenvalue weighted by atomic mass is 9.94. The molecule has 1 saturated carbocycles. The highest BCUT2D eigenvalue weighted by Gasteiger charge is 2.27. The first kappa shape index (κ1) is 19.0. The minimum absolute atomic E-state index is 0.152. The second-order valence-electron chi connectivity index (χ2n) is 7.18. The summed E-state index contributed by atoms with van der Waals surface area (Å²) >= 11 is 0. The number of sulfone groups is 1. The Morgan fingerprint density at radius 1 is 0.962 bits per heavy atom. The molecule has 1 aliphatic carbocycles. The monoisotopic (exact) mass is 378 g/mol. The first-order valence-electron chi connectivity index (χ1n) is 9.21. The number of ether oxygens (including phenoxy) is 2. The van der Waals surface area contributed by atoms with Crippen LogP contribution in [0.1, 0.15) is 38.5 Å². The molecule has 0 spiro atoms. The van der Waals surface area contributed by atoms with Crippen molar-refractivity contribution in [2.24, 2.45) is 0 Å². The van der Waals surface area contributed by atoms with Crippen LogP contribution in [-0.4, -0.2) is 51.0 Å². The van der Waals surface area contributed by atoms with Gasteiger partial charge in [0.2, 0.25) is 0 Å². The van der Waals surface area contributed by atoms with Crippen LogP contribution < -0.4 is 4.74 Å². The third-order valence-electron chi connectivity index (χ3n) is 5.14. The van der Waals surface area contributed by atoms with Crippen molar-refractivity contribution in [2.75, 3.05) is 19.3 Å². The van der Waals surface area contributed by atoms with Gasteiger partial charge < -0.3 is 14.4 Å². The average Bonchev–Trinajstić information content (AvgIpc) is 2.64. The van der Waals surface area contributed by atoms with Gasteiger partial charge in [-0.1, -0.05) is 0 Å². The van der Waals surface area contributed by atoms with Gasteiger partial charge in [-0.05, 0) is 62.8 Å². The van der Waals surface area contributed by atoms with E-state index < -0.39 is 9.84 Å². The molecule has 1 aliphatic heterocycles. The Kier molecular flexibility index (Phi) is 6.05. The first-order chi connectivity index (χ1) is 12.4. The van der Waals surface area contributed by atoms with E-state index in [2.05, 4.69) is 6.19 Å². The Labute approximate surface area is 155 Å². The van der Waals surface area contributed by atoms with Crippen LogP contribution in [0, 0.1) is 11.5 Å². The van der Waals surface area contributed by atoms with Gasteiger partial charge in [0, 0.05) is 19.3 Å². The van der Waals surface area contributed by atoms with Gasteiger partial charge in [-0.15, -0.1) is 0 Å². The highest BCUT2D eigenvalue weighted by molar-refractivity contribution is 7.90. The maximum Gasteiger partial charge on any atom is 0.179 e. The van der Waals surface area contributed by atoms with Crippen LogP contribution in [0.5, 0.6) is 5.75 Å². The Morgan fingerprint density at radius 3 is 2.04 bits per heavy atom. The number of nitrogens with zero attached hydrogens (tertiary/aromatic N) is 2. The van der Waals surface area contributed by atoms with E-state index in [9.17, 15) is 8.42 Å². The summed E-state index contributed by atoms with van der Waals surface area (Å²) in [7, 11) is -3.17. The number of benzene rings is 1. The second kappa shape index (κ2) is 8.28. The summed E-state index contributed by atoms with van der Waals surface area (Å²) in [4.78, 5) is 2.10. The normalized spacial score (nSPS) is 24.8. The molecule has 0 bridgehead atoms. The van der Waals surface area contributed by atoms with Gasteiger partial charge in [0.1, 0.15) is 5.75 Å². The Morgan fingerprint density at radius 2 is 1.50 bits per heavy atom. The number of hydrogen-bond acceptors (Lipinski definition) is 6. The molecule has 6 nitrogen and oxygen atoms in total. The van der Waals surface area contributed by atoms with E-state index in [1.807, 2.05) is 0 Å². The van der Waals surface area contributed by atoms with Crippen molar-refractivity contribution in [1.29, 1.82) is 5.26 Å². The molecule has 1 saturated heterocycles. The van der Waals surface area contributed by atoms with Gasteiger partial charge in [-0.3, -0.25) is 0 Å². The summed E-state index contributed by atoms with van der Waals surface area (Å²) in [5.74, 6) is 0.714. The van der Waals surface area contributed by atoms with E-state index in [0.717, 1.165) is 51.6 Å². The zero-order chi connectivity index (χ0) is 18.6. The standard InChI is InChI=1S/C19H26N2O4S/c1-26(22,23)19-8-6-17(7-9-19)24-15-2-4-16(5-3-15)25-18-10-12-21(14-20)13-11-18/h6-9,15-16,18H,2-5,10-13H2,1H3. The summed E-state index contributed by atoms with van der Waals surface area (Å²) < 4.78 is 35.2. The number of nitriles is 1. The Hall–Kier alpha value is -1.78. The Balaban J connectivity index is 1.42. The molecule has 142 valence electrons. The van der Waals surface area contributed by atoms with E-state index in [1.54, 1.807) is 29.2 Å². The van der Waals surface area contributed by atoms with Gasteiger partial charge in [-0.2, -0.15) is 5.26 Å². The van der Waals surface area contributed by atoms with E-state index in [1.165, 1.54) is 6.26 Å². The predicted molar refractivity (Wildman–Crippen MR) is 97.5 cm³/mol. The highest BCUT2D eigenvalue weighted by atomic mass is 32.2. The van der Waals surface area contributed by atoms with Crippen LogP contribution in [0.25, 0.3) is 0 Å². The molecule has 0 unspecified atom stereocenters. The molecule has 1 heterocycles. The number of piperidine rings is 1. The van der Waals surface area contributed by atoms with Crippen molar-refractivity contribution in [3.63, 3.8) is 0 Å². The molecule has 0 N–H and O–H groups in total. The van der Waals surface area contributed by atoms with Crippen molar-refractivity contribution in [1.82, 2.24) is 4.90 Å². The second-order valence-corrected chi connectivity index (χ2v) is 9.20. The Bertz CT molecular complexity index is 726. The molecule has 0 radical (unpaired) electrons. The van der Waals surface area contributed by atoms with Crippen molar-refractivity contribution in [3.05, 3.63) is 24.3 Å². The number of hydrogen-bond donors (Lipinski definition) is 0. The van der Waals surface area contributed by atoms with Crippen LogP contribution in [0.2, 0.25) is 0 Å². The van der Waals surface area contributed by atoms with E-state index in [0.29, 0.717) is 10.6 Å². The van der Waals surface area contributed by atoms with Crippen LogP contribution in [0.3, 0.4) is 0 Å². The van der Waals surface area contributed by atoms with E-state index in [4.69, 9.17) is 14.7 Å². The van der Waals surface area contributed by atoms with Crippen LogP contribution in [0.15, 0.2) is 29.2 Å². The van der Waals surface area contributed by atoms with Crippen molar-refractivity contribution in [2.45, 2.75) is 61.7 Å². The van der Waals surface area contributed by atoms with Crippen LogP contribution in [-0.2, 0) is 14.6 Å². The fraction of sp³-hybridized carbons (Fsp3) is 0.632. The van der Waals surface area contributed by atoms with Crippen LogP contribution >= 0.6 is 0 Å². The summed E-state index contributed by atoms with van der Waals surface area (Å²) in [6.45, 7) is 1.59. The zero-order valence-electron chi connectivity index (χ0n) is 15.1. The van der Waals surface area contributed by atoms with Gasteiger partial charge in [0.25, 0.3) is 0 Å². The lowest BCUT2D eigenvalue weighted by Crippen LogP contribution is -2.37. The maximum atomic E-state index is 11.5. The first-order valence-corrected chi connectivity index (χ1v) is 11.1. The maximum absolute atomic E-state index is 11.5. The molecule has 3 rings (SSSR count). The number of likely N-dealkylation sites (tertiary alicyclic amines) is 1. The van der Waals surface area contributed by atoms with Crippen LogP contribution in [0.4, 0.5) is 0 Å². The quantitative estimate of drug-likeness (QED) is 0.733. The van der Waals surface area contributed by atoms with Crippen molar-refractivity contribution in [3.8, 4) is 11.9 Å². The minimum atomic E-state index is -3.17. The third-order valence-corrected chi connectivity index (χ3v) is 6.27. The lowest BCUT2D eigenvalue weighted by molar-refractivity contribution is -0.0621. The molecule has 2 aliphatic rings. The van der Waals surface area contributed by atoms with Crippen molar-refractivity contribution >= 4 is 9.84 Å². The molecule has 0 amide bonds. The third kappa shape index (κ3) is 5.12. The molecule has 7 heteroatoms. The topological polar surface area (TPSA) is 79.6 Å². The molecule has 1 aromatic rings. The smallest absolute Gasteiger partial charge is 0.179 e. The molecular formula is C19H26N2O4S. The van der Waals surface area contributed by atoms with E-state index in [-0.39, 0.29) is 18.3 Å². The molecule has 0 aromatic heterocycles. The van der Waals surface area contributed by atoms with Gasteiger partial charge >= 0.3 is 0 Å². The van der Waals surface area contributed by atoms with Gasteiger partial charge in [-0.25, -0.2) is 8.42 Å². The molecule has 0 atom stereocenters. The molecule has 26 heavy (non-hydrogen) atoms. The molecule has 2 fully saturated rings. The van der Waals surface area contributed by atoms with Crippen molar-refractivity contribution < 1.29 is 17.9 Å². The largest absolute Gasteiger partial charge is 0.490 e. The number of rotatable bonds is 5. The summed E-state index contributed by atoms with van der Waals surface area (Å²) in [5.41, 5.74) is 0. The van der Waals surface area contributed by atoms with Gasteiger partial charge in [0.15, 0.2) is 16.0 Å². The molecule has 1 aromatic carbocycles. The lowest BCUT2D eigenvalue weighted by Gasteiger charge is -2.34. The predicted octanol–water partition coefficient (Wildman–Crippen LogP) is 2.74. The average molecular weight is 378 g/mol. The zero-order valence-corrected chi connectivity index (χ0v) is 16.0.